The first kappa shape index (κ1) is 39.6. The zero-order valence-electron chi connectivity index (χ0n) is 28.4. The molecule has 43 heavy (non-hydrogen) atoms. The summed E-state index contributed by atoms with van der Waals surface area (Å²) in [4.78, 5) is 39.1. The van der Waals surface area contributed by atoms with Crippen molar-refractivity contribution < 1.29 is 24.2 Å². The van der Waals surface area contributed by atoms with E-state index >= 15 is 0 Å². The molecule has 1 unspecified atom stereocenters. The topological polar surface area (TPSA) is 83.9 Å². The Hall–Kier alpha value is -1.43. The molecule has 252 valence electrons. The van der Waals surface area contributed by atoms with Gasteiger partial charge in [-0.15, -0.1) is 0 Å². The van der Waals surface area contributed by atoms with Crippen LogP contribution in [0.25, 0.3) is 0 Å². The zero-order valence-corrected chi connectivity index (χ0v) is 28.4. The van der Waals surface area contributed by atoms with Crippen LogP contribution in [0.1, 0.15) is 206 Å². The lowest BCUT2D eigenvalue weighted by Crippen LogP contribution is -2.54. The first-order valence-corrected chi connectivity index (χ1v) is 18.7. The van der Waals surface area contributed by atoms with Gasteiger partial charge in [-0.05, 0) is 19.3 Å². The van der Waals surface area contributed by atoms with Gasteiger partial charge in [-0.25, -0.2) is 4.79 Å². The molecule has 1 aliphatic rings. The lowest BCUT2D eigenvalue weighted by Gasteiger charge is -2.31. The molecule has 0 aromatic carbocycles. The van der Waals surface area contributed by atoms with Crippen LogP contribution in [0.4, 0.5) is 0 Å². The van der Waals surface area contributed by atoms with Crippen molar-refractivity contribution in [2.24, 2.45) is 0 Å². The molecule has 6 heteroatoms. The van der Waals surface area contributed by atoms with Crippen molar-refractivity contribution in [3.63, 3.8) is 0 Å². The van der Waals surface area contributed by atoms with Gasteiger partial charge in [-0.1, -0.05) is 168 Å². The minimum atomic E-state index is -2.00. The van der Waals surface area contributed by atoms with Crippen LogP contribution in [0.5, 0.6) is 0 Å². The van der Waals surface area contributed by atoms with Crippen molar-refractivity contribution in [2.45, 2.75) is 212 Å². The molecule has 1 aliphatic heterocycles. The van der Waals surface area contributed by atoms with E-state index in [9.17, 15) is 19.5 Å². The highest BCUT2D eigenvalue weighted by atomic mass is 16.6. The summed E-state index contributed by atoms with van der Waals surface area (Å²) >= 11 is 0. The predicted molar refractivity (Wildman–Crippen MR) is 178 cm³/mol. The zero-order chi connectivity index (χ0) is 31.4. The van der Waals surface area contributed by atoms with E-state index in [-0.39, 0.29) is 18.7 Å². The summed E-state index contributed by atoms with van der Waals surface area (Å²) in [6.45, 7) is 4.83. The molecular weight excluding hydrogens is 538 g/mol. The van der Waals surface area contributed by atoms with Crippen LogP contribution in [0.3, 0.4) is 0 Å². The minimum absolute atomic E-state index is 0.127. The van der Waals surface area contributed by atoms with Gasteiger partial charge in [0.25, 0.3) is 0 Å². The fourth-order valence-electron chi connectivity index (χ4n) is 6.30. The van der Waals surface area contributed by atoms with Crippen LogP contribution in [-0.4, -0.2) is 40.1 Å². The highest BCUT2D eigenvalue weighted by Crippen LogP contribution is 2.29. The summed E-state index contributed by atoms with van der Waals surface area (Å²) in [6.07, 6.45) is 33.1. The Labute approximate surface area is 265 Å². The van der Waals surface area contributed by atoms with Gasteiger partial charge in [-0.2, -0.15) is 0 Å². The van der Waals surface area contributed by atoms with Crippen molar-refractivity contribution in [3.05, 3.63) is 0 Å². The highest BCUT2D eigenvalue weighted by Gasteiger charge is 2.50. The molecule has 0 bridgehead atoms. The Morgan fingerprint density at radius 1 is 0.558 bits per heavy atom. The third-order valence-electron chi connectivity index (χ3n) is 9.17. The third kappa shape index (κ3) is 19.5. The number of amides is 1. The molecule has 1 saturated heterocycles. The molecule has 1 heterocycles. The molecule has 0 aliphatic carbocycles. The van der Waals surface area contributed by atoms with Gasteiger partial charge < -0.3 is 14.7 Å². The summed E-state index contributed by atoms with van der Waals surface area (Å²) < 4.78 is 5.03. The standard InChI is InChI=1S/C37H69NO5/c1-3-5-7-9-11-13-15-17-19-21-23-25-27-30-34(39)38-33-29-32-37(38,42)36(41)43-35(40)31-28-26-24-22-20-18-16-14-12-10-8-6-4-2/h42H,3-33H2,1-2H3. The fraction of sp³-hybridized carbons (Fsp3) is 0.919. The Balaban J connectivity index is 2.09. The Bertz CT molecular complexity index is 711. The van der Waals surface area contributed by atoms with Crippen molar-refractivity contribution in [3.8, 4) is 0 Å². The normalized spacial score (nSPS) is 16.6. The summed E-state index contributed by atoms with van der Waals surface area (Å²) in [6, 6.07) is 0. The van der Waals surface area contributed by atoms with Gasteiger partial charge in [0, 0.05) is 25.8 Å². The minimum Gasteiger partial charge on any atom is -0.390 e. The lowest BCUT2D eigenvalue weighted by molar-refractivity contribution is -0.191. The second-order valence-electron chi connectivity index (χ2n) is 13.2. The SMILES string of the molecule is CCCCCCCCCCCCCCCC(=O)OC(=O)C1(O)CCCN1C(=O)CCCCCCCCCCCCCCC. The van der Waals surface area contributed by atoms with Crippen LogP contribution in [0.15, 0.2) is 0 Å². The maximum absolute atomic E-state index is 12.8. The van der Waals surface area contributed by atoms with E-state index in [1.165, 1.54) is 133 Å². The summed E-state index contributed by atoms with van der Waals surface area (Å²) in [5.74, 6) is -1.80. The van der Waals surface area contributed by atoms with Crippen molar-refractivity contribution in [2.75, 3.05) is 6.54 Å². The van der Waals surface area contributed by atoms with Gasteiger partial charge in [0.05, 0.1) is 0 Å². The Kier molecular flexibility index (Phi) is 24.8. The van der Waals surface area contributed by atoms with E-state index in [0.29, 0.717) is 25.8 Å². The van der Waals surface area contributed by atoms with E-state index in [4.69, 9.17) is 4.74 Å². The second-order valence-corrected chi connectivity index (χ2v) is 13.2. The molecule has 0 aromatic rings. The van der Waals surface area contributed by atoms with Crippen molar-refractivity contribution in [1.29, 1.82) is 0 Å². The van der Waals surface area contributed by atoms with E-state index in [2.05, 4.69) is 13.8 Å². The average molecular weight is 608 g/mol. The molecule has 1 rings (SSSR count). The number of likely N-dealkylation sites (tertiary alicyclic amines) is 1. The van der Waals surface area contributed by atoms with Gasteiger partial charge >= 0.3 is 11.9 Å². The number of ether oxygens (including phenoxy) is 1. The Morgan fingerprint density at radius 3 is 1.30 bits per heavy atom. The van der Waals surface area contributed by atoms with Crippen LogP contribution in [0, 0.1) is 0 Å². The summed E-state index contributed by atoms with van der Waals surface area (Å²) in [5.41, 5.74) is -2.00. The van der Waals surface area contributed by atoms with Gasteiger partial charge in [0.1, 0.15) is 0 Å². The maximum Gasteiger partial charge on any atom is 0.367 e. The number of rotatable bonds is 29. The molecule has 0 aromatic heterocycles. The molecule has 6 nitrogen and oxygen atoms in total. The van der Waals surface area contributed by atoms with Crippen molar-refractivity contribution in [1.82, 2.24) is 4.90 Å². The van der Waals surface area contributed by atoms with Gasteiger partial charge in [0.2, 0.25) is 11.6 Å². The number of hydrogen-bond donors (Lipinski definition) is 1. The van der Waals surface area contributed by atoms with Gasteiger partial charge in [0.15, 0.2) is 0 Å². The predicted octanol–water partition coefficient (Wildman–Crippen LogP) is 10.3. The number of carbonyl (C=O) groups is 3. The van der Waals surface area contributed by atoms with Crippen LogP contribution >= 0.6 is 0 Å². The highest BCUT2D eigenvalue weighted by molar-refractivity contribution is 5.93. The molecule has 1 N–H and O–H groups in total. The molecule has 0 radical (unpaired) electrons. The number of unbranched alkanes of at least 4 members (excludes halogenated alkanes) is 24. The quantitative estimate of drug-likeness (QED) is 0.0519. The second kappa shape index (κ2) is 26.9. The number of hydrogen-bond acceptors (Lipinski definition) is 5. The number of esters is 2. The van der Waals surface area contributed by atoms with E-state index in [0.717, 1.165) is 32.1 Å². The smallest absolute Gasteiger partial charge is 0.367 e. The molecule has 0 spiro atoms. The van der Waals surface area contributed by atoms with E-state index in [1.807, 2.05) is 0 Å². The molecular formula is C37H69NO5. The lowest BCUT2D eigenvalue weighted by atomic mass is 10.0. The third-order valence-corrected chi connectivity index (χ3v) is 9.17. The van der Waals surface area contributed by atoms with Crippen molar-refractivity contribution >= 4 is 17.8 Å². The maximum atomic E-state index is 12.8. The van der Waals surface area contributed by atoms with E-state index in [1.54, 1.807) is 0 Å². The first-order valence-electron chi connectivity index (χ1n) is 18.7. The Morgan fingerprint density at radius 2 is 0.907 bits per heavy atom. The largest absolute Gasteiger partial charge is 0.390 e. The molecule has 1 fully saturated rings. The fourth-order valence-corrected chi connectivity index (χ4v) is 6.30. The van der Waals surface area contributed by atoms with Crippen LogP contribution in [-0.2, 0) is 19.1 Å². The number of nitrogens with zero attached hydrogens (tertiary/aromatic N) is 1. The molecule has 1 atom stereocenters. The van der Waals surface area contributed by atoms with Gasteiger partial charge in [-0.3, -0.25) is 9.59 Å². The number of carbonyl (C=O) groups excluding carboxylic acids is 3. The summed E-state index contributed by atoms with van der Waals surface area (Å²) in [5, 5.41) is 11.0. The molecule has 1 amide bonds. The average Bonchev–Trinajstić information content (AvgIpc) is 3.40. The summed E-state index contributed by atoms with van der Waals surface area (Å²) in [7, 11) is 0. The monoisotopic (exact) mass is 608 g/mol. The van der Waals surface area contributed by atoms with E-state index < -0.39 is 17.7 Å². The number of aliphatic hydroxyl groups is 1. The van der Waals surface area contributed by atoms with Crippen LogP contribution in [0.2, 0.25) is 0 Å². The first-order chi connectivity index (χ1) is 21.0. The molecule has 0 saturated carbocycles. The van der Waals surface area contributed by atoms with Crippen LogP contribution < -0.4 is 0 Å².